The topological polar surface area (TPSA) is 50.9 Å². The fourth-order valence-electron chi connectivity index (χ4n) is 0.735. The summed E-state index contributed by atoms with van der Waals surface area (Å²) in [6, 6.07) is 1.20. The molecule has 0 amide bonds. The minimum absolute atomic E-state index is 0.185. The number of nitrogens with two attached hydrogens (primary N) is 1. The summed E-state index contributed by atoms with van der Waals surface area (Å²) in [5, 5.41) is 3.00. The molecule has 0 aliphatic carbocycles. The SMILES string of the molecule is NCCNc1ncc(Cl)cc1F. The van der Waals surface area contributed by atoms with E-state index in [4.69, 9.17) is 17.3 Å². The van der Waals surface area contributed by atoms with Crippen molar-refractivity contribution in [3.05, 3.63) is 23.1 Å². The van der Waals surface area contributed by atoms with E-state index in [1.54, 1.807) is 0 Å². The molecule has 0 aromatic carbocycles. The van der Waals surface area contributed by atoms with Crippen molar-refractivity contribution in [3.63, 3.8) is 0 Å². The predicted molar refractivity (Wildman–Crippen MR) is 46.7 cm³/mol. The quantitative estimate of drug-likeness (QED) is 0.753. The zero-order chi connectivity index (χ0) is 8.97. The van der Waals surface area contributed by atoms with Crippen LogP contribution in [0.2, 0.25) is 5.02 Å². The molecule has 12 heavy (non-hydrogen) atoms. The third-order valence-corrected chi connectivity index (χ3v) is 1.45. The van der Waals surface area contributed by atoms with E-state index in [0.717, 1.165) is 0 Å². The lowest BCUT2D eigenvalue weighted by Gasteiger charge is -2.03. The maximum atomic E-state index is 12.9. The van der Waals surface area contributed by atoms with Crippen LogP contribution in [0, 0.1) is 5.82 Å². The van der Waals surface area contributed by atoms with Gasteiger partial charge in [-0.3, -0.25) is 0 Å². The van der Waals surface area contributed by atoms with E-state index >= 15 is 0 Å². The second kappa shape index (κ2) is 4.23. The Morgan fingerprint density at radius 2 is 2.42 bits per heavy atom. The second-order valence-corrected chi connectivity index (χ2v) is 2.64. The highest BCUT2D eigenvalue weighted by Gasteiger charge is 2.02. The van der Waals surface area contributed by atoms with Crippen LogP contribution in [0.15, 0.2) is 12.3 Å². The Balaban J connectivity index is 2.72. The monoisotopic (exact) mass is 189 g/mol. The van der Waals surface area contributed by atoms with E-state index in [1.165, 1.54) is 12.3 Å². The van der Waals surface area contributed by atoms with Crippen LogP contribution in [-0.4, -0.2) is 18.1 Å². The van der Waals surface area contributed by atoms with Crippen LogP contribution in [0.1, 0.15) is 0 Å². The van der Waals surface area contributed by atoms with Crippen LogP contribution in [0.5, 0.6) is 0 Å². The summed E-state index contributed by atoms with van der Waals surface area (Å²) in [6.07, 6.45) is 1.38. The number of anilines is 1. The van der Waals surface area contributed by atoms with Crippen molar-refractivity contribution in [1.82, 2.24) is 4.98 Å². The van der Waals surface area contributed by atoms with Crippen LogP contribution in [0.3, 0.4) is 0 Å². The third-order valence-electron chi connectivity index (χ3n) is 1.24. The molecule has 1 aromatic rings. The number of aromatic nitrogens is 1. The Labute approximate surface area is 74.7 Å². The highest BCUT2D eigenvalue weighted by Crippen LogP contribution is 2.14. The zero-order valence-corrected chi connectivity index (χ0v) is 7.11. The third kappa shape index (κ3) is 2.32. The molecule has 5 heteroatoms. The minimum atomic E-state index is -0.462. The van der Waals surface area contributed by atoms with Gasteiger partial charge in [0.15, 0.2) is 11.6 Å². The van der Waals surface area contributed by atoms with Gasteiger partial charge in [0.05, 0.1) is 5.02 Å². The van der Waals surface area contributed by atoms with Gasteiger partial charge in [0.25, 0.3) is 0 Å². The lowest BCUT2D eigenvalue weighted by atomic mass is 10.4. The fourth-order valence-corrected chi connectivity index (χ4v) is 0.880. The first-order chi connectivity index (χ1) is 5.74. The molecule has 0 saturated carbocycles. The Kier molecular flexibility index (Phi) is 3.25. The number of hydrogen-bond donors (Lipinski definition) is 2. The van der Waals surface area contributed by atoms with Crippen LogP contribution >= 0.6 is 11.6 Å². The Bertz CT molecular complexity index is 267. The van der Waals surface area contributed by atoms with Crippen LogP contribution in [-0.2, 0) is 0 Å². The molecule has 1 heterocycles. The highest BCUT2D eigenvalue weighted by molar-refractivity contribution is 6.30. The number of pyridine rings is 1. The number of halogens is 2. The molecule has 1 aromatic heterocycles. The predicted octanol–water partition coefficient (Wildman–Crippen LogP) is 1.24. The molecule has 0 bridgehead atoms. The van der Waals surface area contributed by atoms with Gasteiger partial charge in [-0.25, -0.2) is 9.37 Å². The van der Waals surface area contributed by atoms with Crippen LogP contribution < -0.4 is 11.1 Å². The largest absolute Gasteiger partial charge is 0.366 e. The maximum Gasteiger partial charge on any atom is 0.166 e. The Morgan fingerprint density at radius 1 is 1.67 bits per heavy atom. The second-order valence-electron chi connectivity index (χ2n) is 2.20. The van der Waals surface area contributed by atoms with Gasteiger partial charge in [-0.2, -0.15) is 0 Å². The zero-order valence-electron chi connectivity index (χ0n) is 6.35. The lowest BCUT2D eigenvalue weighted by Crippen LogP contribution is -2.14. The van der Waals surface area contributed by atoms with Crippen LogP contribution in [0.4, 0.5) is 10.2 Å². The molecule has 0 spiro atoms. The number of nitrogens with zero attached hydrogens (tertiary/aromatic N) is 1. The highest BCUT2D eigenvalue weighted by atomic mass is 35.5. The van der Waals surface area contributed by atoms with Crippen molar-refractivity contribution in [2.45, 2.75) is 0 Å². The summed E-state index contributed by atoms with van der Waals surface area (Å²) >= 11 is 5.50. The molecular formula is C7H9ClFN3. The standard InChI is InChI=1S/C7H9ClFN3/c8-5-3-6(9)7(12-4-5)11-2-1-10/h3-4H,1-2,10H2,(H,11,12). The normalized spacial score (nSPS) is 9.92. The van der Waals surface area contributed by atoms with E-state index in [1.807, 2.05) is 0 Å². The molecule has 3 N–H and O–H groups in total. The van der Waals surface area contributed by atoms with Crippen molar-refractivity contribution >= 4 is 17.4 Å². The molecule has 0 fully saturated rings. The molecule has 66 valence electrons. The fraction of sp³-hybridized carbons (Fsp3) is 0.286. The van der Waals surface area contributed by atoms with E-state index in [0.29, 0.717) is 13.1 Å². The first-order valence-corrected chi connectivity index (χ1v) is 3.87. The number of hydrogen-bond acceptors (Lipinski definition) is 3. The molecule has 0 radical (unpaired) electrons. The van der Waals surface area contributed by atoms with Crippen LogP contribution in [0.25, 0.3) is 0 Å². The Morgan fingerprint density at radius 3 is 3.00 bits per heavy atom. The summed E-state index contributed by atoms with van der Waals surface area (Å²) in [4.78, 5) is 3.74. The lowest BCUT2D eigenvalue weighted by molar-refractivity contribution is 0.624. The summed E-state index contributed by atoms with van der Waals surface area (Å²) in [7, 11) is 0. The van der Waals surface area contributed by atoms with Crippen molar-refractivity contribution in [2.24, 2.45) is 5.73 Å². The first-order valence-electron chi connectivity index (χ1n) is 3.49. The molecule has 0 saturated heterocycles. The number of rotatable bonds is 3. The molecule has 0 aliphatic rings. The van der Waals surface area contributed by atoms with Gasteiger partial charge in [0, 0.05) is 19.3 Å². The summed E-state index contributed by atoms with van der Waals surface area (Å²) < 4.78 is 12.9. The molecule has 1 rings (SSSR count). The van der Waals surface area contributed by atoms with Gasteiger partial charge < -0.3 is 11.1 Å². The summed E-state index contributed by atoms with van der Waals surface area (Å²) in [5.74, 6) is -0.277. The van der Waals surface area contributed by atoms with Gasteiger partial charge in [0.1, 0.15) is 0 Å². The molecule has 0 aliphatic heterocycles. The van der Waals surface area contributed by atoms with E-state index in [9.17, 15) is 4.39 Å². The average molecular weight is 190 g/mol. The minimum Gasteiger partial charge on any atom is -0.366 e. The van der Waals surface area contributed by atoms with E-state index in [-0.39, 0.29) is 10.8 Å². The van der Waals surface area contributed by atoms with Gasteiger partial charge in [0.2, 0.25) is 0 Å². The van der Waals surface area contributed by atoms with Crippen molar-refractivity contribution < 1.29 is 4.39 Å². The number of nitrogens with one attached hydrogen (secondary N) is 1. The van der Waals surface area contributed by atoms with Gasteiger partial charge in [-0.05, 0) is 6.07 Å². The van der Waals surface area contributed by atoms with E-state index < -0.39 is 5.82 Å². The van der Waals surface area contributed by atoms with Gasteiger partial charge in [-0.1, -0.05) is 11.6 Å². The smallest absolute Gasteiger partial charge is 0.166 e. The van der Waals surface area contributed by atoms with Gasteiger partial charge in [-0.15, -0.1) is 0 Å². The van der Waals surface area contributed by atoms with Gasteiger partial charge >= 0.3 is 0 Å². The first kappa shape index (κ1) is 9.22. The molecule has 0 unspecified atom stereocenters. The molecule has 0 atom stereocenters. The molecular weight excluding hydrogens is 181 g/mol. The molecule has 3 nitrogen and oxygen atoms in total. The van der Waals surface area contributed by atoms with E-state index in [2.05, 4.69) is 10.3 Å². The van der Waals surface area contributed by atoms with Crippen molar-refractivity contribution in [3.8, 4) is 0 Å². The maximum absolute atomic E-state index is 12.9. The summed E-state index contributed by atoms with van der Waals surface area (Å²) in [5.41, 5.74) is 5.22. The van der Waals surface area contributed by atoms with Crippen molar-refractivity contribution in [2.75, 3.05) is 18.4 Å². The summed E-state index contributed by atoms with van der Waals surface area (Å²) in [6.45, 7) is 0.926. The Hall–Kier alpha value is -0.870. The average Bonchev–Trinajstić information content (AvgIpc) is 2.03. The van der Waals surface area contributed by atoms with Crippen molar-refractivity contribution in [1.29, 1.82) is 0 Å².